The van der Waals surface area contributed by atoms with Crippen LogP contribution in [0.4, 0.5) is 0 Å². The van der Waals surface area contributed by atoms with E-state index in [1.807, 2.05) is 139 Å². The minimum atomic E-state index is -1.57. The predicted octanol–water partition coefficient (Wildman–Crippen LogP) is 29.5. The first kappa shape index (κ1) is 97.2. The largest absolute Gasteiger partial charge is 0.381 e. The van der Waals surface area contributed by atoms with Crippen LogP contribution in [0.5, 0.6) is 0 Å². The van der Waals surface area contributed by atoms with Crippen LogP contribution in [0.1, 0.15) is 6.92 Å². The molecule has 22 aromatic rings. The molecule has 667 valence electrons. The molecule has 134 heavy (non-hydrogen) atoms. The van der Waals surface area contributed by atoms with Gasteiger partial charge in [-0.3, -0.25) is 0 Å². The molecule has 0 amide bonds. The summed E-state index contributed by atoms with van der Waals surface area (Å²) in [6, 6.07) is 149. The monoisotopic (exact) mass is 2340 g/mol. The standard InChI is InChI=1S/C32H27N2Si.C28H27N2Si.C26H22NSSi.3C11H8N.3Ir/c1-35(2,3)32-22-33-29(21-27(32)23-12-6-4-7-13-23)24-18-19-31-28(20-24)26-16-10-11-17-30(26)34(31)25-14-8-5-9-15-25;1-5-30-26-14-10-9-13-22(26)24-17-21(15-16-27(24)30)25-18-23(20-11-7-6-8-12-20)28(19-29-25)31(2,3)4;1-29(2,3)26-17-27-23(16-21(26)18-9-5-4-6-10-18)19-13-14-25-22(15-19)20-11-7-8-12-24(20)28-25;3*1-2-6-10(7-3-1)11-8-4-5-9-12-11;;;/h4-17,19-22H,1-3H3;6-14,16-19H,5H2,1-4H3;4-12,14-17H,1-3H3;3*1-6,8-9H;;;/q6*-1;;;. The molecule has 0 atom stereocenters. The summed E-state index contributed by atoms with van der Waals surface area (Å²) in [5, 5.41) is 11.8. The number of hydrogen-bond acceptors (Lipinski definition) is 7. The molecular formula is C119H100Ir3N8SSi3-6. The SMILES string of the molecule is CCn1c2c[c-]c(-c3cc(-c4ccccc4)c([Si](C)(C)C)cn3)cc2c2ccccc21.C[Si](C)(C)c1cnc(-c2[c-]cc3c(c2)c2ccccc2n3-c2ccccc2)cc1-c1ccccc1.C[Si](C)(C)c1cnc(-c2[c-]cc3sc4ccccc4c3c2)cc1-c1ccccc1.[Ir].[Ir].[Ir].[c-]1ccccc1-c1ccccn1.[c-]1ccccc1-c1ccccn1.[c-]1ccccc1-c1ccccn1. The van der Waals surface area contributed by atoms with Crippen LogP contribution in [0.15, 0.2) is 413 Å². The van der Waals surface area contributed by atoms with Crippen LogP contribution >= 0.6 is 11.3 Å². The van der Waals surface area contributed by atoms with Gasteiger partial charge in [-0.05, 0) is 170 Å². The van der Waals surface area contributed by atoms with Crippen LogP contribution in [0.25, 0.3) is 170 Å². The first-order valence-electron chi connectivity index (χ1n) is 44.5. The van der Waals surface area contributed by atoms with Gasteiger partial charge in [-0.2, -0.15) is 11.3 Å². The van der Waals surface area contributed by atoms with E-state index in [0.29, 0.717) is 0 Å². The summed E-state index contributed by atoms with van der Waals surface area (Å²) in [4.78, 5) is 27.4. The Hall–Kier alpha value is -12.8. The van der Waals surface area contributed by atoms with Crippen LogP contribution < -0.4 is 15.6 Å². The number of nitrogens with zero attached hydrogens (tertiary/aromatic N) is 8. The number of aromatic nitrogens is 8. The van der Waals surface area contributed by atoms with Crippen molar-refractivity contribution >= 4 is 115 Å². The number of fused-ring (bicyclic) bond motifs is 9. The first-order chi connectivity index (χ1) is 63.9. The van der Waals surface area contributed by atoms with E-state index in [-0.39, 0.29) is 60.3 Å². The van der Waals surface area contributed by atoms with Crippen LogP contribution in [-0.4, -0.2) is 63.3 Å². The normalized spacial score (nSPS) is 11.1. The van der Waals surface area contributed by atoms with Gasteiger partial charge in [-0.1, -0.05) is 293 Å². The van der Waals surface area contributed by atoms with E-state index >= 15 is 0 Å². The van der Waals surface area contributed by atoms with Crippen molar-refractivity contribution in [2.75, 3.05) is 0 Å². The third kappa shape index (κ3) is 22.8. The fourth-order valence-electron chi connectivity index (χ4n) is 16.6. The molecule has 13 aromatic carbocycles. The summed E-state index contributed by atoms with van der Waals surface area (Å²) in [5.74, 6) is 0. The average molecular weight is 2340 g/mol. The second-order valence-electron chi connectivity index (χ2n) is 35.1. The van der Waals surface area contributed by atoms with Crippen molar-refractivity contribution in [2.24, 2.45) is 0 Å². The summed E-state index contributed by atoms with van der Waals surface area (Å²) in [6.45, 7) is 24.6. The van der Waals surface area contributed by atoms with Crippen LogP contribution in [0, 0.1) is 36.4 Å². The Kier molecular flexibility index (Phi) is 32.5. The van der Waals surface area contributed by atoms with E-state index in [0.717, 1.165) is 85.3 Å². The summed E-state index contributed by atoms with van der Waals surface area (Å²) in [6.07, 6.45) is 11.7. The van der Waals surface area contributed by atoms with Crippen molar-refractivity contribution in [2.45, 2.75) is 72.4 Å². The van der Waals surface area contributed by atoms with Crippen LogP contribution in [-0.2, 0) is 66.9 Å². The molecule has 3 radical (unpaired) electrons. The molecule has 0 N–H and O–H groups in total. The maximum absolute atomic E-state index is 4.95. The van der Waals surface area contributed by atoms with Gasteiger partial charge >= 0.3 is 0 Å². The van der Waals surface area contributed by atoms with Gasteiger partial charge in [0.05, 0.1) is 24.2 Å². The van der Waals surface area contributed by atoms with Crippen molar-refractivity contribution in [3.05, 3.63) is 450 Å². The van der Waals surface area contributed by atoms with Gasteiger partial charge in [0, 0.05) is 125 Å². The minimum Gasteiger partial charge on any atom is -0.381 e. The minimum absolute atomic E-state index is 0. The zero-order valence-corrected chi connectivity index (χ0v) is 87.5. The van der Waals surface area contributed by atoms with Gasteiger partial charge in [0.2, 0.25) is 0 Å². The fraction of sp³-hybridized carbons (Fsp3) is 0.0924. The maximum atomic E-state index is 4.95. The first-order valence-corrected chi connectivity index (χ1v) is 55.8. The second-order valence-corrected chi connectivity index (χ2v) is 51.3. The van der Waals surface area contributed by atoms with Crippen molar-refractivity contribution in [3.63, 3.8) is 0 Å². The van der Waals surface area contributed by atoms with Gasteiger partial charge in [0.25, 0.3) is 0 Å². The van der Waals surface area contributed by atoms with Crippen molar-refractivity contribution in [3.8, 4) is 107 Å². The molecule has 22 rings (SSSR count). The summed E-state index contributed by atoms with van der Waals surface area (Å²) >= 11 is 1.83. The molecule has 0 aliphatic carbocycles. The van der Waals surface area contributed by atoms with Gasteiger partial charge in [0.1, 0.15) is 0 Å². The topological polar surface area (TPSA) is 87.2 Å². The van der Waals surface area contributed by atoms with Gasteiger partial charge in [-0.15, -0.1) is 179 Å². The number of para-hydroxylation sites is 3. The summed E-state index contributed by atoms with van der Waals surface area (Å²) < 4.78 is 7.28. The molecule has 0 aliphatic heterocycles. The third-order valence-corrected chi connectivity index (χ3v) is 30.3. The van der Waals surface area contributed by atoms with E-state index in [9.17, 15) is 0 Å². The van der Waals surface area contributed by atoms with Crippen molar-refractivity contribution in [1.82, 2.24) is 39.0 Å². The summed E-state index contributed by atoms with van der Waals surface area (Å²) in [5.41, 5.74) is 25.8. The molecular weight excluding hydrogens is 2230 g/mol. The zero-order valence-electron chi connectivity index (χ0n) is 76.5. The smallest absolute Gasteiger partial charge is 0.0803 e. The van der Waals surface area contributed by atoms with E-state index in [4.69, 9.17) is 15.0 Å². The number of hydrogen-bond donors (Lipinski definition) is 0. The Balaban J connectivity index is 0.000000135. The molecule has 0 fully saturated rings. The predicted molar refractivity (Wildman–Crippen MR) is 562 cm³/mol. The number of aryl methyl sites for hydroxylation is 1. The Morgan fingerprint density at radius 2 is 0.597 bits per heavy atom. The molecule has 8 nitrogen and oxygen atoms in total. The summed E-state index contributed by atoms with van der Waals surface area (Å²) in [7, 11) is -4.64. The third-order valence-electron chi connectivity index (χ3n) is 23.1. The number of thiophene rings is 1. The molecule has 0 unspecified atom stereocenters. The fourth-order valence-corrected chi connectivity index (χ4v) is 22.1. The molecule has 15 heteroatoms. The van der Waals surface area contributed by atoms with Gasteiger partial charge in [0.15, 0.2) is 0 Å². The number of pyridine rings is 6. The molecule has 9 heterocycles. The Bertz CT molecular complexity index is 7310. The van der Waals surface area contributed by atoms with E-state index in [1.54, 1.807) is 18.6 Å². The average Bonchev–Trinajstić information content (AvgIpc) is 1.60. The van der Waals surface area contributed by atoms with E-state index in [2.05, 4.69) is 394 Å². The van der Waals surface area contributed by atoms with E-state index in [1.165, 1.54) is 107 Å². The van der Waals surface area contributed by atoms with E-state index < -0.39 is 24.2 Å². The van der Waals surface area contributed by atoms with Gasteiger partial charge in [-0.25, -0.2) is 0 Å². The Labute approximate surface area is 835 Å². The van der Waals surface area contributed by atoms with Gasteiger partial charge < -0.3 is 39.0 Å². The quantitative estimate of drug-likeness (QED) is 0.0796. The molecule has 0 aliphatic rings. The number of rotatable bonds is 14. The maximum Gasteiger partial charge on any atom is 0.0803 e. The molecule has 0 saturated carbocycles. The molecule has 9 aromatic heterocycles. The van der Waals surface area contributed by atoms with Crippen molar-refractivity contribution < 1.29 is 60.3 Å². The van der Waals surface area contributed by atoms with Crippen LogP contribution in [0.2, 0.25) is 58.9 Å². The molecule has 0 saturated heterocycles. The zero-order chi connectivity index (χ0) is 90.3. The molecule has 0 bridgehead atoms. The number of benzene rings is 13. The Morgan fingerprint density at radius 1 is 0.261 bits per heavy atom. The van der Waals surface area contributed by atoms with Crippen molar-refractivity contribution in [1.29, 1.82) is 0 Å². The Morgan fingerprint density at radius 3 is 0.985 bits per heavy atom. The molecule has 0 spiro atoms. The second kappa shape index (κ2) is 44.8. The van der Waals surface area contributed by atoms with Crippen LogP contribution in [0.3, 0.4) is 0 Å².